The summed E-state index contributed by atoms with van der Waals surface area (Å²) < 4.78 is 0. The van der Waals surface area contributed by atoms with Crippen molar-refractivity contribution < 1.29 is 10.0 Å². The number of nitrogens with one attached hydrogen (secondary N) is 1. The van der Waals surface area contributed by atoms with Crippen LogP contribution in [0.2, 0.25) is 0 Å². The summed E-state index contributed by atoms with van der Waals surface area (Å²) in [6.45, 7) is 8.21. The van der Waals surface area contributed by atoms with Gasteiger partial charge in [0.25, 0.3) is 0 Å². The molecular weight excluding hydrogens is 242 g/mol. The number of nitrogens with two attached hydrogens (primary N) is 1. The largest absolute Gasteiger partial charge is 0.409 e. The average Bonchev–Trinajstić information content (AvgIpc) is 2.70. The van der Waals surface area contributed by atoms with Crippen LogP contribution in [0.15, 0.2) is 5.16 Å². The fourth-order valence-corrected chi connectivity index (χ4v) is 3.03. The Morgan fingerprint density at radius 2 is 2.05 bits per heavy atom. The molecule has 0 heterocycles. The third kappa shape index (κ3) is 3.19. The zero-order valence-electron chi connectivity index (χ0n) is 12.5. The van der Waals surface area contributed by atoms with Gasteiger partial charge < -0.3 is 16.3 Å². The Morgan fingerprint density at radius 1 is 1.47 bits per heavy atom. The van der Waals surface area contributed by atoms with Gasteiger partial charge in [-0.05, 0) is 37.5 Å². The summed E-state index contributed by atoms with van der Waals surface area (Å²) >= 11 is 0. The molecule has 110 valence electrons. The Morgan fingerprint density at radius 3 is 2.42 bits per heavy atom. The van der Waals surface area contributed by atoms with Crippen LogP contribution in [0.5, 0.6) is 0 Å². The van der Waals surface area contributed by atoms with Crippen LogP contribution in [0, 0.1) is 10.8 Å². The van der Waals surface area contributed by atoms with Crippen LogP contribution in [0.1, 0.15) is 59.8 Å². The van der Waals surface area contributed by atoms with Crippen molar-refractivity contribution in [2.75, 3.05) is 0 Å². The van der Waals surface area contributed by atoms with Crippen LogP contribution in [-0.2, 0) is 4.79 Å². The van der Waals surface area contributed by atoms with E-state index in [1.54, 1.807) is 0 Å². The van der Waals surface area contributed by atoms with Crippen LogP contribution in [0.4, 0.5) is 0 Å². The predicted molar refractivity (Wildman–Crippen MR) is 76.0 cm³/mol. The molecular formula is C14H27N3O2. The number of amides is 1. The van der Waals surface area contributed by atoms with E-state index in [9.17, 15) is 4.79 Å². The Bertz CT molecular complexity index is 360. The van der Waals surface area contributed by atoms with Crippen LogP contribution in [0.25, 0.3) is 0 Å². The van der Waals surface area contributed by atoms with Crippen molar-refractivity contribution in [3.8, 4) is 0 Å². The summed E-state index contributed by atoms with van der Waals surface area (Å²) in [6, 6.07) is 0.200. The van der Waals surface area contributed by atoms with Crippen molar-refractivity contribution >= 4 is 11.7 Å². The van der Waals surface area contributed by atoms with Gasteiger partial charge in [0.15, 0.2) is 5.84 Å². The van der Waals surface area contributed by atoms with Gasteiger partial charge >= 0.3 is 0 Å². The van der Waals surface area contributed by atoms with Crippen molar-refractivity contribution in [2.45, 2.75) is 65.8 Å². The molecule has 5 heteroatoms. The van der Waals surface area contributed by atoms with E-state index in [0.717, 1.165) is 19.3 Å². The summed E-state index contributed by atoms with van der Waals surface area (Å²) in [7, 11) is 0. The van der Waals surface area contributed by atoms with Crippen molar-refractivity contribution in [3.63, 3.8) is 0 Å². The van der Waals surface area contributed by atoms with E-state index in [0.29, 0.717) is 12.8 Å². The number of rotatable bonds is 5. The highest BCUT2D eigenvalue weighted by atomic mass is 16.4. The van der Waals surface area contributed by atoms with E-state index >= 15 is 0 Å². The first-order valence-corrected chi connectivity index (χ1v) is 7.10. The average molecular weight is 269 g/mol. The van der Waals surface area contributed by atoms with E-state index in [4.69, 9.17) is 10.9 Å². The van der Waals surface area contributed by atoms with Crippen LogP contribution >= 0.6 is 0 Å². The minimum Gasteiger partial charge on any atom is -0.409 e. The molecule has 0 radical (unpaired) electrons. The highest BCUT2D eigenvalue weighted by Crippen LogP contribution is 2.37. The highest BCUT2D eigenvalue weighted by molar-refractivity contribution is 6.06. The molecule has 0 aliphatic heterocycles. The molecule has 1 aliphatic rings. The molecule has 5 nitrogen and oxygen atoms in total. The summed E-state index contributed by atoms with van der Waals surface area (Å²) in [5.41, 5.74) is 5.14. The van der Waals surface area contributed by atoms with Gasteiger partial charge in [-0.15, -0.1) is 0 Å². The minimum atomic E-state index is -0.887. The maximum Gasteiger partial charge on any atom is 0.234 e. The highest BCUT2D eigenvalue weighted by Gasteiger charge is 2.42. The lowest BCUT2D eigenvalue weighted by molar-refractivity contribution is -0.128. The zero-order valence-corrected chi connectivity index (χ0v) is 12.5. The van der Waals surface area contributed by atoms with Gasteiger partial charge in [-0.3, -0.25) is 4.79 Å². The van der Waals surface area contributed by atoms with Gasteiger partial charge in [-0.1, -0.05) is 32.9 Å². The SMILES string of the molecule is CCC(CC)(C(=O)NC1CCC(C)(C)C1)C(N)=NO. The van der Waals surface area contributed by atoms with E-state index in [1.165, 1.54) is 0 Å². The maximum atomic E-state index is 12.5. The first kappa shape index (κ1) is 15.8. The fourth-order valence-electron chi connectivity index (χ4n) is 3.03. The molecule has 0 saturated heterocycles. The summed E-state index contributed by atoms with van der Waals surface area (Å²) in [6.07, 6.45) is 4.16. The minimum absolute atomic E-state index is 0.00672. The third-order valence-corrected chi connectivity index (χ3v) is 4.54. The third-order valence-electron chi connectivity index (χ3n) is 4.54. The standard InChI is InChI=1S/C14H27N3O2/c1-5-14(6-2,11(15)17-19)12(18)16-10-7-8-13(3,4)9-10/h10,19H,5-9H2,1-4H3,(H2,15,17)(H,16,18). The summed E-state index contributed by atoms with van der Waals surface area (Å²) in [4.78, 5) is 12.5. The number of oxime groups is 1. The maximum absolute atomic E-state index is 12.5. The van der Waals surface area contributed by atoms with Gasteiger partial charge in [0, 0.05) is 6.04 Å². The number of hydrogen-bond acceptors (Lipinski definition) is 3. The van der Waals surface area contributed by atoms with Gasteiger partial charge in [0.1, 0.15) is 5.41 Å². The smallest absolute Gasteiger partial charge is 0.234 e. The predicted octanol–water partition coefficient (Wildman–Crippen LogP) is 2.23. The van der Waals surface area contributed by atoms with E-state index in [-0.39, 0.29) is 23.2 Å². The Kier molecular flexibility index (Phi) is 4.82. The molecule has 1 saturated carbocycles. The van der Waals surface area contributed by atoms with Crippen LogP contribution in [0.3, 0.4) is 0 Å². The molecule has 1 fully saturated rings. The fraction of sp³-hybridized carbons (Fsp3) is 0.857. The lowest BCUT2D eigenvalue weighted by Gasteiger charge is -2.30. The monoisotopic (exact) mass is 269 g/mol. The normalized spacial score (nSPS) is 23.4. The molecule has 1 unspecified atom stereocenters. The molecule has 1 atom stereocenters. The van der Waals surface area contributed by atoms with Gasteiger partial charge in [0.05, 0.1) is 0 Å². The molecule has 1 aliphatic carbocycles. The second kappa shape index (κ2) is 5.80. The molecule has 0 aromatic carbocycles. The molecule has 0 aromatic heterocycles. The van der Waals surface area contributed by atoms with E-state index in [1.807, 2.05) is 13.8 Å². The number of amidine groups is 1. The van der Waals surface area contributed by atoms with Crippen LogP contribution in [-0.4, -0.2) is 23.0 Å². The lowest BCUT2D eigenvalue weighted by Crippen LogP contribution is -2.51. The molecule has 0 spiro atoms. The molecule has 1 amide bonds. The molecule has 4 N–H and O–H groups in total. The number of hydrogen-bond donors (Lipinski definition) is 3. The molecule has 0 bridgehead atoms. The second-order valence-electron chi connectivity index (χ2n) is 6.35. The molecule has 1 rings (SSSR count). The molecule has 19 heavy (non-hydrogen) atoms. The van der Waals surface area contributed by atoms with E-state index < -0.39 is 5.41 Å². The molecule has 0 aromatic rings. The lowest BCUT2D eigenvalue weighted by atomic mass is 9.80. The van der Waals surface area contributed by atoms with Crippen molar-refractivity contribution in [3.05, 3.63) is 0 Å². The Hall–Kier alpha value is -1.26. The van der Waals surface area contributed by atoms with Crippen molar-refractivity contribution in [2.24, 2.45) is 21.7 Å². The van der Waals surface area contributed by atoms with Gasteiger partial charge in [0.2, 0.25) is 5.91 Å². The Labute approximate surface area is 115 Å². The quantitative estimate of drug-likeness (QED) is 0.309. The van der Waals surface area contributed by atoms with Gasteiger partial charge in [-0.25, -0.2) is 0 Å². The van der Waals surface area contributed by atoms with Crippen LogP contribution < -0.4 is 11.1 Å². The van der Waals surface area contributed by atoms with Crippen molar-refractivity contribution in [1.29, 1.82) is 0 Å². The number of nitrogens with zero attached hydrogens (tertiary/aromatic N) is 1. The second-order valence-corrected chi connectivity index (χ2v) is 6.35. The number of carbonyl (C=O) groups is 1. The first-order valence-electron chi connectivity index (χ1n) is 7.10. The Balaban J connectivity index is 2.80. The van der Waals surface area contributed by atoms with Crippen molar-refractivity contribution in [1.82, 2.24) is 5.32 Å². The summed E-state index contributed by atoms with van der Waals surface area (Å²) in [5, 5.41) is 15.1. The first-order chi connectivity index (χ1) is 8.81. The summed E-state index contributed by atoms with van der Waals surface area (Å²) in [5.74, 6) is -0.109. The zero-order chi connectivity index (χ0) is 14.7. The number of carbonyl (C=O) groups excluding carboxylic acids is 1. The van der Waals surface area contributed by atoms with Gasteiger partial charge in [-0.2, -0.15) is 0 Å². The van der Waals surface area contributed by atoms with E-state index in [2.05, 4.69) is 24.3 Å². The topological polar surface area (TPSA) is 87.7 Å².